The number of anilines is 6. The molecule has 2 heterocycles. The Labute approximate surface area is 404 Å². The fourth-order valence-electron chi connectivity index (χ4n) is 11.3. The molecule has 0 atom stereocenters. The van der Waals surface area contributed by atoms with E-state index in [1.807, 2.05) is 12.1 Å². The largest absolute Gasteiger partial charge is 0.454 e. The van der Waals surface area contributed by atoms with E-state index in [1.54, 1.807) is 0 Å². The summed E-state index contributed by atoms with van der Waals surface area (Å²) >= 11 is 0. The maximum absolute atomic E-state index is 6.86. The first-order chi connectivity index (χ1) is 34.6. The highest BCUT2D eigenvalue weighted by Crippen LogP contribution is 2.54. The third kappa shape index (κ3) is 6.03. The fourth-order valence-corrected chi connectivity index (χ4v) is 11.3. The Kier molecular flexibility index (Phi) is 8.99. The maximum atomic E-state index is 6.86. The molecule has 2 aromatic heterocycles. The van der Waals surface area contributed by atoms with Gasteiger partial charge in [0, 0.05) is 54.5 Å². The molecule has 0 unspecified atom stereocenters. The number of nitrogens with zero attached hydrogens (tertiary/aromatic N) is 2. The van der Waals surface area contributed by atoms with Crippen LogP contribution in [0.4, 0.5) is 34.1 Å². The predicted octanol–water partition coefficient (Wildman–Crippen LogP) is 19.3. The molecule has 14 aromatic rings. The summed E-state index contributed by atoms with van der Waals surface area (Å²) < 4.78 is 13.7. The van der Waals surface area contributed by atoms with Crippen molar-refractivity contribution in [3.63, 3.8) is 0 Å². The SMILES string of the molecule is Cc1ccccc1-c1cc(N(c2ccccc2)c2cccc3c2oc2ccccc23)c2ccc3c(-c4ccccc4C)cc(N(c4ccccc4)c4cccc5c4oc4ccccc45)c4ccc1c2c34. The molecule has 0 aliphatic rings. The fraction of sp³-hybridized carbons (Fsp3) is 0.0303. The first kappa shape index (κ1) is 40.0. The van der Waals surface area contributed by atoms with E-state index in [4.69, 9.17) is 8.83 Å². The zero-order valence-corrected chi connectivity index (χ0v) is 38.7. The monoisotopic (exact) mass is 896 g/mol. The molecule has 0 aliphatic carbocycles. The van der Waals surface area contributed by atoms with Crippen LogP contribution in [0.3, 0.4) is 0 Å². The minimum absolute atomic E-state index is 0.845. The van der Waals surface area contributed by atoms with Crippen LogP contribution in [-0.2, 0) is 0 Å². The maximum Gasteiger partial charge on any atom is 0.159 e. The second kappa shape index (κ2) is 15.7. The van der Waals surface area contributed by atoms with Gasteiger partial charge in [-0.15, -0.1) is 0 Å². The highest BCUT2D eigenvalue weighted by Gasteiger charge is 2.28. The Hall–Kier alpha value is -9.12. The summed E-state index contributed by atoms with van der Waals surface area (Å²) in [5.74, 6) is 0. The number of rotatable bonds is 8. The molecule has 12 aromatic carbocycles. The molecular weight excluding hydrogens is 853 g/mol. The van der Waals surface area contributed by atoms with Crippen LogP contribution in [0.15, 0.2) is 239 Å². The van der Waals surface area contributed by atoms with Crippen LogP contribution < -0.4 is 9.80 Å². The molecule has 0 spiro atoms. The first-order valence-corrected chi connectivity index (χ1v) is 24.0. The quantitative estimate of drug-likeness (QED) is 0.142. The van der Waals surface area contributed by atoms with E-state index < -0.39 is 0 Å². The molecule has 0 N–H and O–H groups in total. The summed E-state index contributed by atoms with van der Waals surface area (Å²) in [6.45, 7) is 4.45. The highest BCUT2D eigenvalue weighted by atomic mass is 16.3. The van der Waals surface area contributed by atoms with Crippen molar-refractivity contribution in [2.45, 2.75) is 13.8 Å². The van der Waals surface area contributed by atoms with Gasteiger partial charge < -0.3 is 18.6 Å². The topological polar surface area (TPSA) is 32.8 Å². The molecule has 0 saturated carbocycles. The number of furan rings is 2. The van der Waals surface area contributed by atoms with Gasteiger partial charge in [-0.25, -0.2) is 0 Å². The smallest absolute Gasteiger partial charge is 0.159 e. The van der Waals surface area contributed by atoms with Crippen LogP contribution in [0.2, 0.25) is 0 Å². The third-order valence-electron chi connectivity index (χ3n) is 14.5. The van der Waals surface area contributed by atoms with Gasteiger partial charge in [-0.3, -0.25) is 0 Å². The highest BCUT2D eigenvalue weighted by molar-refractivity contribution is 6.33. The lowest BCUT2D eigenvalue weighted by Crippen LogP contribution is -2.12. The summed E-state index contributed by atoms with van der Waals surface area (Å²) in [7, 11) is 0. The Balaban J connectivity index is 1.16. The van der Waals surface area contributed by atoms with E-state index in [1.165, 1.54) is 54.9 Å². The summed E-state index contributed by atoms with van der Waals surface area (Å²) in [5, 5.41) is 11.4. The molecule has 0 saturated heterocycles. The summed E-state index contributed by atoms with van der Waals surface area (Å²) in [5.41, 5.74) is 16.7. The summed E-state index contributed by atoms with van der Waals surface area (Å²) in [6, 6.07) is 83.2. The van der Waals surface area contributed by atoms with Crippen molar-refractivity contribution in [1.82, 2.24) is 0 Å². The van der Waals surface area contributed by atoms with Gasteiger partial charge in [-0.05, 0) is 119 Å². The Morgan fingerprint density at radius 2 is 0.643 bits per heavy atom. The Morgan fingerprint density at radius 1 is 0.271 bits per heavy atom. The number of para-hydroxylation sites is 6. The van der Waals surface area contributed by atoms with Crippen LogP contribution in [0.5, 0.6) is 0 Å². The molecule has 0 bridgehead atoms. The molecule has 4 nitrogen and oxygen atoms in total. The normalized spacial score (nSPS) is 11.9. The molecule has 0 radical (unpaired) electrons. The summed E-state index contributed by atoms with van der Waals surface area (Å²) in [4.78, 5) is 4.83. The average Bonchev–Trinajstić information content (AvgIpc) is 3.99. The predicted molar refractivity (Wildman–Crippen MR) is 294 cm³/mol. The van der Waals surface area contributed by atoms with Crippen molar-refractivity contribution in [3.8, 4) is 22.3 Å². The molecule has 0 amide bonds. The van der Waals surface area contributed by atoms with Crippen molar-refractivity contribution >= 4 is 110 Å². The van der Waals surface area contributed by atoms with Crippen molar-refractivity contribution in [2.24, 2.45) is 0 Å². The van der Waals surface area contributed by atoms with Crippen LogP contribution in [0.25, 0.3) is 98.4 Å². The Bertz CT molecular complexity index is 4060. The third-order valence-corrected chi connectivity index (χ3v) is 14.5. The minimum atomic E-state index is 0.845. The lowest BCUT2D eigenvalue weighted by molar-refractivity contribution is 0.669. The zero-order chi connectivity index (χ0) is 46.5. The van der Waals surface area contributed by atoms with E-state index in [-0.39, 0.29) is 0 Å². The lowest BCUT2D eigenvalue weighted by Gasteiger charge is -2.31. The van der Waals surface area contributed by atoms with Gasteiger partial charge in [0.05, 0.1) is 22.7 Å². The number of fused-ring (bicyclic) bond motifs is 6. The van der Waals surface area contributed by atoms with Gasteiger partial charge in [0.2, 0.25) is 0 Å². The van der Waals surface area contributed by atoms with Gasteiger partial charge in [0.15, 0.2) is 11.2 Å². The summed E-state index contributed by atoms with van der Waals surface area (Å²) in [6.07, 6.45) is 0. The Morgan fingerprint density at radius 3 is 1.09 bits per heavy atom. The number of benzene rings is 12. The molecule has 330 valence electrons. The van der Waals surface area contributed by atoms with E-state index in [2.05, 4.69) is 242 Å². The molecule has 0 aliphatic heterocycles. The van der Waals surface area contributed by atoms with Crippen molar-refractivity contribution in [2.75, 3.05) is 9.80 Å². The van der Waals surface area contributed by atoms with Crippen LogP contribution in [0, 0.1) is 13.8 Å². The first-order valence-electron chi connectivity index (χ1n) is 24.0. The van der Waals surface area contributed by atoms with Gasteiger partial charge in [0.25, 0.3) is 0 Å². The van der Waals surface area contributed by atoms with Gasteiger partial charge in [-0.1, -0.05) is 170 Å². The van der Waals surface area contributed by atoms with E-state index in [9.17, 15) is 0 Å². The lowest BCUT2D eigenvalue weighted by atomic mass is 9.84. The van der Waals surface area contributed by atoms with E-state index >= 15 is 0 Å². The van der Waals surface area contributed by atoms with Crippen molar-refractivity contribution < 1.29 is 8.83 Å². The standard InChI is InChI=1S/C66H44N2O2/c1-41-19-9-11-25-45(41)55-39-59(67(43-21-5-3-6-22-43)57-31-17-29-51-47-27-13-15-33-61(47)69-65(51)57)53-38-36-50-56(46-26-12-10-20-42(46)2)40-60(54-37-35-49(55)63(53)64(50)54)68(44-23-7-4-8-24-44)58-32-18-30-52-48-28-14-16-34-62(48)70-66(52)58/h3-40H,1-2H3. The second-order valence-electron chi connectivity index (χ2n) is 18.4. The van der Waals surface area contributed by atoms with E-state index in [0.29, 0.717) is 0 Å². The molecule has 0 fully saturated rings. The number of hydrogen-bond donors (Lipinski definition) is 0. The number of aryl methyl sites for hydroxylation is 2. The minimum Gasteiger partial charge on any atom is -0.454 e. The van der Waals surface area contributed by atoms with Crippen molar-refractivity contribution in [1.29, 1.82) is 0 Å². The molecule has 14 rings (SSSR count). The molecular formula is C66H44N2O2. The second-order valence-corrected chi connectivity index (χ2v) is 18.4. The molecule has 70 heavy (non-hydrogen) atoms. The zero-order valence-electron chi connectivity index (χ0n) is 38.7. The van der Waals surface area contributed by atoms with Crippen LogP contribution in [0.1, 0.15) is 11.1 Å². The van der Waals surface area contributed by atoms with Crippen LogP contribution in [-0.4, -0.2) is 0 Å². The van der Waals surface area contributed by atoms with Gasteiger partial charge in [0.1, 0.15) is 11.2 Å². The number of hydrogen-bond acceptors (Lipinski definition) is 4. The van der Waals surface area contributed by atoms with E-state index in [0.717, 1.165) is 88.8 Å². The van der Waals surface area contributed by atoms with Crippen LogP contribution >= 0.6 is 0 Å². The van der Waals surface area contributed by atoms with Crippen molar-refractivity contribution in [3.05, 3.63) is 242 Å². The van der Waals surface area contributed by atoms with Gasteiger partial charge >= 0.3 is 0 Å². The molecule has 4 heteroatoms. The van der Waals surface area contributed by atoms with Gasteiger partial charge in [-0.2, -0.15) is 0 Å². The average molecular weight is 897 g/mol.